The third-order valence-electron chi connectivity index (χ3n) is 2.87. The van der Waals surface area contributed by atoms with Crippen molar-refractivity contribution in [1.82, 2.24) is 10.2 Å². The first kappa shape index (κ1) is 13.7. The van der Waals surface area contributed by atoms with Crippen LogP contribution in [0.5, 0.6) is 0 Å². The van der Waals surface area contributed by atoms with E-state index in [0.29, 0.717) is 13.1 Å². The lowest BCUT2D eigenvalue weighted by molar-refractivity contribution is -0.139. The van der Waals surface area contributed by atoms with Crippen LogP contribution in [0.2, 0.25) is 0 Å². The molecule has 1 aliphatic heterocycles. The lowest BCUT2D eigenvalue weighted by Gasteiger charge is -2.30. The average Bonchev–Trinajstić information content (AvgIpc) is 2.80. The van der Waals surface area contributed by atoms with Gasteiger partial charge >= 0.3 is 0 Å². The van der Waals surface area contributed by atoms with Crippen molar-refractivity contribution in [3.05, 3.63) is 21.9 Å². The second kappa shape index (κ2) is 5.97. The maximum absolute atomic E-state index is 11.5. The summed E-state index contributed by atoms with van der Waals surface area (Å²) in [5.74, 6) is 5.28. The highest BCUT2D eigenvalue weighted by atomic mass is 32.1. The molecule has 1 aliphatic rings. The fraction of sp³-hybridized carbons (Fsp3) is 0.385. The van der Waals surface area contributed by atoms with Crippen molar-refractivity contribution in [3.8, 4) is 11.8 Å². The van der Waals surface area contributed by atoms with E-state index >= 15 is 0 Å². The number of hydrogen-bond donors (Lipinski definition) is 2. The van der Waals surface area contributed by atoms with Crippen molar-refractivity contribution in [2.45, 2.75) is 19.5 Å². The highest BCUT2D eigenvalue weighted by Crippen LogP contribution is 2.19. The van der Waals surface area contributed by atoms with Crippen molar-refractivity contribution in [2.24, 2.45) is 5.73 Å². The van der Waals surface area contributed by atoms with Gasteiger partial charge in [0.05, 0.1) is 24.0 Å². The number of nitrogens with two attached hydrogens (primary N) is 1. The summed E-state index contributed by atoms with van der Waals surface area (Å²) in [6.07, 6.45) is 0. The van der Waals surface area contributed by atoms with Crippen LogP contribution in [0.25, 0.3) is 0 Å². The van der Waals surface area contributed by atoms with E-state index in [4.69, 9.17) is 5.73 Å². The standard InChI is InChI=1S/C13H15N3O2S/c1-9-13(18)15-12(17)8-16(9)7-11-5-4-10(19-11)3-2-6-14/h4-5,9H,6-8,14H2,1H3,(H,15,17,18). The Labute approximate surface area is 115 Å². The third kappa shape index (κ3) is 3.41. The summed E-state index contributed by atoms with van der Waals surface area (Å²) >= 11 is 1.56. The van der Waals surface area contributed by atoms with Gasteiger partial charge in [0.2, 0.25) is 11.8 Å². The van der Waals surface area contributed by atoms with Crippen LogP contribution in [0.4, 0.5) is 0 Å². The van der Waals surface area contributed by atoms with E-state index in [9.17, 15) is 9.59 Å². The molecule has 1 saturated heterocycles. The molecule has 3 N–H and O–H groups in total. The molecule has 2 amide bonds. The van der Waals surface area contributed by atoms with Crippen molar-refractivity contribution in [2.75, 3.05) is 13.1 Å². The van der Waals surface area contributed by atoms with Crippen LogP contribution >= 0.6 is 11.3 Å². The van der Waals surface area contributed by atoms with E-state index in [-0.39, 0.29) is 24.4 Å². The summed E-state index contributed by atoms with van der Waals surface area (Å²) < 4.78 is 0. The Bertz CT molecular complexity index is 556. The Morgan fingerprint density at radius 3 is 3.05 bits per heavy atom. The second-order valence-corrected chi connectivity index (χ2v) is 5.43. The number of piperazine rings is 1. The molecule has 1 fully saturated rings. The molecule has 0 aliphatic carbocycles. The maximum Gasteiger partial charge on any atom is 0.243 e. The average molecular weight is 277 g/mol. The van der Waals surface area contributed by atoms with Crippen LogP contribution in [0, 0.1) is 11.8 Å². The summed E-state index contributed by atoms with van der Waals surface area (Å²) in [5.41, 5.74) is 5.32. The first-order valence-electron chi connectivity index (χ1n) is 5.95. The van der Waals surface area contributed by atoms with E-state index in [2.05, 4.69) is 17.2 Å². The van der Waals surface area contributed by atoms with Gasteiger partial charge in [-0.05, 0) is 19.1 Å². The zero-order chi connectivity index (χ0) is 13.8. The number of rotatable bonds is 2. The Balaban J connectivity index is 2.05. The summed E-state index contributed by atoms with van der Waals surface area (Å²) in [4.78, 5) is 26.8. The summed E-state index contributed by atoms with van der Waals surface area (Å²) in [6.45, 7) is 2.96. The van der Waals surface area contributed by atoms with Gasteiger partial charge in [0.25, 0.3) is 0 Å². The minimum atomic E-state index is -0.293. The third-order valence-corrected chi connectivity index (χ3v) is 3.86. The topological polar surface area (TPSA) is 75.4 Å². The SMILES string of the molecule is CC1C(=O)NC(=O)CN1Cc1ccc(C#CCN)s1. The fourth-order valence-corrected chi connectivity index (χ4v) is 2.74. The number of imide groups is 1. The molecular weight excluding hydrogens is 262 g/mol. The van der Waals surface area contributed by atoms with E-state index in [1.54, 1.807) is 18.3 Å². The van der Waals surface area contributed by atoms with E-state index in [1.165, 1.54) is 0 Å². The molecule has 0 aromatic carbocycles. The maximum atomic E-state index is 11.5. The van der Waals surface area contributed by atoms with Crippen LogP contribution in [-0.2, 0) is 16.1 Å². The predicted octanol–water partition coefficient (Wildman–Crippen LogP) is -0.0948. The predicted molar refractivity (Wildman–Crippen MR) is 73.3 cm³/mol. The van der Waals surface area contributed by atoms with Gasteiger partial charge in [0.15, 0.2) is 0 Å². The highest BCUT2D eigenvalue weighted by molar-refractivity contribution is 7.12. The number of thiophene rings is 1. The molecule has 19 heavy (non-hydrogen) atoms. The molecule has 1 unspecified atom stereocenters. The van der Waals surface area contributed by atoms with Gasteiger partial charge < -0.3 is 5.73 Å². The van der Waals surface area contributed by atoms with Crippen molar-refractivity contribution in [3.63, 3.8) is 0 Å². The lowest BCUT2D eigenvalue weighted by Crippen LogP contribution is -2.56. The summed E-state index contributed by atoms with van der Waals surface area (Å²) in [5, 5.41) is 2.33. The molecule has 0 saturated carbocycles. The Morgan fingerprint density at radius 2 is 2.32 bits per heavy atom. The van der Waals surface area contributed by atoms with Crippen molar-refractivity contribution < 1.29 is 9.59 Å². The summed E-state index contributed by atoms with van der Waals surface area (Å²) in [6, 6.07) is 3.60. The van der Waals surface area contributed by atoms with Gasteiger partial charge in [-0.3, -0.25) is 19.8 Å². The van der Waals surface area contributed by atoms with Gasteiger partial charge in [-0.1, -0.05) is 11.8 Å². The van der Waals surface area contributed by atoms with Crippen LogP contribution < -0.4 is 11.1 Å². The van der Waals surface area contributed by atoms with Crippen molar-refractivity contribution >= 4 is 23.2 Å². The highest BCUT2D eigenvalue weighted by Gasteiger charge is 2.30. The number of carbonyl (C=O) groups excluding carboxylic acids is 2. The molecular formula is C13H15N3O2S. The van der Waals surface area contributed by atoms with E-state index in [1.807, 2.05) is 17.0 Å². The molecule has 6 heteroatoms. The molecule has 2 heterocycles. The fourth-order valence-electron chi connectivity index (χ4n) is 1.83. The number of amides is 2. The number of carbonyl (C=O) groups is 2. The van der Waals surface area contributed by atoms with Crippen LogP contribution in [0.15, 0.2) is 12.1 Å². The quantitative estimate of drug-likeness (QED) is 0.585. The summed E-state index contributed by atoms with van der Waals surface area (Å²) in [7, 11) is 0. The molecule has 1 atom stereocenters. The van der Waals surface area contributed by atoms with E-state index < -0.39 is 0 Å². The Morgan fingerprint density at radius 1 is 1.53 bits per heavy atom. The Kier molecular flexibility index (Phi) is 4.32. The number of hydrogen-bond acceptors (Lipinski definition) is 5. The number of nitrogens with zero attached hydrogens (tertiary/aromatic N) is 1. The van der Waals surface area contributed by atoms with Crippen molar-refractivity contribution in [1.29, 1.82) is 0 Å². The van der Waals surface area contributed by atoms with Crippen LogP contribution in [0.3, 0.4) is 0 Å². The number of nitrogens with one attached hydrogen (secondary N) is 1. The van der Waals surface area contributed by atoms with Gasteiger partial charge in [-0.2, -0.15) is 0 Å². The zero-order valence-electron chi connectivity index (χ0n) is 10.6. The van der Waals surface area contributed by atoms with Gasteiger partial charge in [-0.15, -0.1) is 11.3 Å². The minimum absolute atomic E-state index is 0.240. The lowest BCUT2D eigenvalue weighted by atomic mass is 10.2. The minimum Gasteiger partial charge on any atom is -0.320 e. The monoisotopic (exact) mass is 277 g/mol. The normalized spacial score (nSPS) is 19.8. The first-order valence-corrected chi connectivity index (χ1v) is 6.77. The molecule has 1 aromatic heterocycles. The van der Waals surface area contributed by atoms with Gasteiger partial charge in [-0.25, -0.2) is 0 Å². The first-order chi connectivity index (χ1) is 9.10. The van der Waals surface area contributed by atoms with Crippen LogP contribution in [0.1, 0.15) is 16.7 Å². The molecule has 0 spiro atoms. The Hall–Kier alpha value is -1.68. The molecule has 1 aromatic rings. The molecule has 0 bridgehead atoms. The van der Waals surface area contributed by atoms with E-state index in [0.717, 1.165) is 9.75 Å². The van der Waals surface area contributed by atoms with Gasteiger partial charge in [0.1, 0.15) is 0 Å². The van der Waals surface area contributed by atoms with Crippen LogP contribution in [-0.4, -0.2) is 35.8 Å². The second-order valence-electron chi connectivity index (χ2n) is 4.27. The molecule has 100 valence electrons. The smallest absolute Gasteiger partial charge is 0.243 e. The molecule has 0 radical (unpaired) electrons. The van der Waals surface area contributed by atoms with Gasteiger partial charge in [0, 0.05) is 11.4 Å². The molecule has 2 rings (SSSR count). The largest absolute Gasteiger partial charge is 0.320 e. The zero-order valence-corrected chi connectivity index (χ0v) is 11.4. The molecule has 5 nitrogen and oxygen atoms in total.